The minimum atomic E-state index is 0.699. The van der Waals surface area contributed by atoms with Crippen LogP contribution in [0.2, 0.25) is 13.1 Å². The van der Waals surface area contributed by atoms with Gasteiger partial charge in [0.05, 0.1) is 0 Å². The first-order valence-electron chi connectivity index (χ1n) is 2.80. The molecule has 0 bridgehead atoms. The first-order chi connectivity index (χ1) is 3.39. The zero-order valence-corrected chi connectivity index (χ0v) is 4.65. The van der Waals surface area contributed by atoms with Crippen molar-refractivity contribution >= 4 is 6.85 Å². The van der Waals surface area contributed by atoms with Gasteiger partial charge in [0, 0.05) is 0 Å². The van der Waals surface area contributed by atoms with E-state index in [9.17, 15) is 0 Å². The molecular formula is C5H10BN. The van der Waals surface area contributed by atoms with Gasteiger partial charge in [-0.25, -0.2) is 0 Å². The molecule has 0 saturated heterocycles. The molecule has 0 amide bonds. The summed E-state index contributed by atoms with van der Waals surface area (Å²) >= 11 is 0. The van der Waals surface area contributed by atoms with Gasteiger partial charge in [-0.15, -0.1) is 0 Å². The average molecular weight is 95.0 g/mol. The molecule has 1 aliphatic heterocycles. The van der Waals surface area contributed by atoms with E-state index in [1.165, 1.54) is 12.7 Å². The lowest BCUT2D eigenvalue weighted by molar-refractivity contribution is 1.07. The summed E-state index contributed by atoms with van der Waals surface area (Å²) in [5.41, 5.74) is 0. The van der Waals surface area contributed by atoms with Gasteiger partial charge in [0.15, 0.2) is 0 Å². The quantitative estimate of drug-likeness (QED) is 0.444. The maximum Gasteiger partial charge on any atom is 0.248 e. The van der Waals surface area contributed by atoms with Crippen LogP contribution < -0.4 is 5.23 Å². The minimum absolute atomic E-state index is 0.699. The normalized spacial score (nSPS) is 19.3. The van der Waals surface area contributed by atoms with Crippen molar-refractivity contribution in [1.29, 1.82) is 0 Å². The number of hydrogen-bond donors (Lipinski definition) is 1. The lowest BCUT2D eigenvalue weighted by atomic mass is 9.60. The minimum Gasteiger partial charge on any atom is -0.434 e. The third-order valence-electron chi connectivity index (χ3n) is 1.26. The molecule has 1 heterocycles. The Labute approximate surface area is 44.9 Å². The average Bonchev–Trinajstić information content (AvgIpc) is 1.69. The van der Waals surface area contributed by atoms with Crippen LogP contribution in [0.3, 0.4) is 0 Å². The molecule has 1 nitrogen and oxygen atoms in total. The van der Waals surface area contributed by atoms with Crippen molar-refractivity contribution in [2.24, 2.45) is 0 Å². The molecule has 0 atom stereocenters. The Kier molecular flexibility index (Phi) is 1.40. The molecule has 0 spiro atoms. The topological polar surface area (TPSA) is 12.0 Å². The molecule has 7 heavy (non-hydrogen) atoms. The van der Waals surface area contributed by atoms with Crippen LogP contribution in [0, 0.1) is 0 Å². The maximum atomic E-state index is 3.20. The molecule has 0 aromatic rings. The number of nitrogens with one attached hydrogen (secondary N) is 1. The van der Waals surface area contributed by atoms with Crippen LogP contribution in [0.25, 0.3) is 0 Å². The lowest BCUT2D eigenvalue weighted by Crippen LogP contribution is -2.27. The summed E-state index contributed by atoms with van der Waals surface area (Å²) in [5.74, 6) is 0. The highest BCUT2D eigenvalue weighted by atomic mass is 14.7. The van der Waals surface area contributed by atoms with Crippen molar-refractivity contribution in [1.82, 2.24) is 5.23 Å². The third kappa shape index (κ3) is 1.26. The summed E-state index contributed by atoms with van der Waals surface area (Å²) < 4.78 is 0. The highest BCUT2D eigenvalue weighted by Gasteiger charge is 2.04. The molecule has 38 valence electrons. The smallest absolute Gasteiger partial charge is 0.248 e. The maximum absolute atomic E-state index is 3.20. The zero-order valence-electron chi connectivity index (χ0n) is 4.65. The van der Waals surface area contributed by atoms with Crippen LogP contribution in [0.1, 0.15) is 6.42 Å². The molecular weight excluding hydrogens is 84.9 g/mol. The van der Waals surface area contributed by atoms with E-state index in [2.05, 4.69) is 18.1 Å². The van der Waals surface area contributed by atoms with Gasteiger partial charge < -0.3 is 5.23 Å². The molecule has 0 saturated carbocycles. The second kappa shape index (κ2) is 2.06. The van der Waals surface area contributed by atoms with Gasteiger partial charge in [0.2, 0.25) is 6.85 Å². The van der Waals surface area contributed by atoms with Crippen LogP contribution in [0.4, 0.5) is 0 Å². The van der Waals surface area contributed by atoms with Crippen molar-refractivity contribution in [3.8, 4) is 0 Å². The van der Waals surface area contributed by atoms with Gasteiger partial charge in [-0.2, -0.15) is 0 Å². The largest absolute Gasteiger partial charge is 0.434 e. The Morgan fingerprint density at radius 3 is 2.86 bits per heavy atom. The van der Waals surface area contributed by atoms with Crippen molar-refractivity contribution in [3.63, 3.8) is 0 Å². The number of rotatable bonds is 0. The first kappa shape index (κ1) is 4.76. The van der Waals surface area contributed by atoms with Crippen LogP contribution in [0.15, 0.2) is 12.3 Å². The molecule has 1 rings (SSSR count). The second-order valence-electron chi connectivity index (χ2n) is 2.05. The predicted octanol–water partition coefficient (Wildman–Crippen LogP) is 1.11. The number of allylic oxidation sites excluding steroid dienone is 1. The van der Waals surface area contributed by atoms with E-state index in [1.807, 2.05) is 6.20 Å². The van der Waals surface area contributed by atoms with Gasteiger partial charge in [-0.3, -0.25) is 0 Å². The lowest BCUT2D eigenvalue weighted by Gasteiger charge is -2.09. The molecule has 1 aliphatic rings. The van der Waals surface area contributed by atoms with E-state index in [-0.39, 0.29) is 0 Å². The highest BCUT2D eigenvalue weighted by molar-refractivity contribution is 6.55. The molecule has 0 fully saturated rings. The zero-order chi connectivity index (χ0) is 5.11. The Balaban J connectivity index is 2.32. The summed E-state index contributed by atoms with van der Waals surface area (Å²) in [6, 6.07) is 0. The van der Waals surface area contributed by atoms with Crippen molar-refractivity contribution < 1.29 is 0 Å². The fourth-order valence-corrected chi connectivity index (χ4v) is 0.745. The Hall–Kier alpha value is -0.395. The number of hydrogen-bond acceptors (Lipinski definition) is 1. The van der Waals surface area contributed by atoms with E-state index in [0.29, 0.717) is 6.85 Å². The van der Waals surface area contributed by atoms with Crippen LogP contribution in [0.5, 0.6) is 0 Å². The Bertz CT molecular complexity index is 80.1. The van der Waals surface area contributed by atoms with E-state index in [1.54, 1.807) is 0 Å². The summed E-state index contributed by atoms with van der Waals surface area (Å²) in [5, 5.41) is 3.20. The van der Waals surface area contributed by atoms with Gasteiger partial charge in [0.25, 0.3) is 0 Å². The third-order valence-corrected chi connectivity index (χ3v) is 1.26. The van der Waals surface area contributed by atoms with Crippen LogP contribution in [-0.2, 0) is 0 Å². The summed E-state index contributed by atoms with van der Waals surface area (Å²) in [6.07, 6.45) is 6.73. The van der Waals surface area contributed by atoms with E-state index >= 15 is 0 Å². The van der Waals surface area contributed by atoms with Crippen molar-refractivity contribution in [3.05, 3.63) is 12.3 Å². The van der Waals surface area contributed by atoms with Gasteiger partial charge >= 0.3 is 0 Å². The predicted molar refractivity (Wildman–Crippen MR) is 33.3 cm³/mol. The van der Waals surface area contributed by atoms with Crippen LogP contribution in [-0.4, -0.2) is 6.85 Å². The Morgan fingerprint density at radius 1 is 1.71 bits per heavy atom. The van der Waals surface area contributed by atoms with Gasteiger partial charge in [-0.05, 0) is 12.6 Å². The van der Waals surface area contributed by atoms with Crippen molar-refractivity contribution in [2.45, 2.75) is 19.6 Å². The molecule has 0 aromatic heterocycles. The van der Waals surface area contributed by atoms with Crippen molar-refractivity contribution in [2.75, 3.05) is 0 Å². The summed E-state index contributed by atoms with van der Waals surface area (Å²) in [7, 11) is 0. The SMILES string of the molecule is CB1CCC=CN1. The molecule has 2 heteroatoms. The van der Waals surface area contributed by atoms with Gasteiger partial charge in [0.1, 0.15) is 0 Å². The van der Waals surface area contributed by atoms with E-state index in [0.717, 1.165) is 0 Å². The molecule has 1 N–H and O–H groups in total. The highest BCUT2D eigenvalue weighted by Crippen LogP contribution is 1.99. The molecule has 0 unspecified atom stereocenters. The van der Waals surface area contributed by atoms with E-state index in [4.69, 9.17) is 0 Å². The molecule has 0 radical (unpaired) electrons. The Morgan fingerprint density at radius 2 is 2.57 bits per heavy atom. The molecule has 0 aromatic carbocycles. The summed E-state index contributed by atoms with van der Waals surface area (Å²) in [6.45, 7) is 2.90. The monoisotopic (exact) mass is 95.1 g/mol. The molecule has 0 aliphatic carbocycles. The second-order valence-corrected chi connectivity index (χ2v) is 2.05. The van der Waals surface area contributed by atoms with Gasteiger partial charge in [-0.1, -0.05) is 19.2 Å². The standard InChI is InChI=1S/C5H10BN/c1-6-4-2-3-5-7-6/h3,5,7H,2,4H2,1H3. The summed E-state index contributed by atoms with van der Waals surface area (Å²) in [4.78, 5) is 0. The fourth-order valence-electron chi connectivity index (χ4n) is 0.745. The first-order valence-corrected chi connectivity index (χ1v) is 2.80. The van der Waals surface area contributed by atoms with E-state index < -0.39 is 0 Å². The fraction of sp³-hybridized carbons (Fsp3) is 0.600. The van der Waals surface area contributed by atoms with Crippen LogP contribution >= 0.6 is 0 Å².